The van der Waals surface area contributed by atoms with E-state index >= 15 is 0 Å². The molecule has 0 aliphatic carbocycles. The molecule has 0 N–H and O–H groups in total. The largest absolute Gasteiger partial charge is 0.253 e. The molecule has 0 aliphatic rings. The summed E-state index contributed by atoms with van der Waals surface area (Å²) in [5.41, 5.74) is 1.79. The van der Waals surface area contributed by atoms with Gasteiger partial charge in [0.15, 0.2) is 0 Å². The summed E-state index contributed by atoms with van der Waals surface area (Å²) in [6.07, 6.45) is 1.80. The Morgan fingerprint density at radius 1 is 1.89 bits per heavy atom. The first kappa shape index (κ1) is 7.51. The summed E-state index contributed by atoms with van der Waals surface area (Å²) in [7, 11) is 0. The second-order valence-corrected chi connectivity index (χ2v) is 3.62. The molecule has 0 aromatic carbocycles. The fourth-order valence-corrected chi connectivity index (χ4v) is 1.83. The van der Waals surface area contributed by atoms with Gasteiger partial charge in [0.25, 0.3) is 0 Å². The van der Waals surface area contributed by atoms with Crippen LogP contribution in [0.2, 0.25) is 0 Å². The van der Waals surface area contributed by atoms with Crippen LogP contribution in [0.1, 0.15) is 10.3 Å². The zero-order valence-corrected chi connectivity index (χ0v) is 7.71. The zero-order valence-electron chi connectivity index (χ0n) is 4.55. The lowest BCUT2D eigenvalue weighted by molar-refractivity contribution is 1.14. The van der Waals surface area contributed by atoms with Crippen LogP contribution in [0.3, 0.4) is 0 Å². The molecule has 4 heteroatoms. The Morgan fingerprint density at radius 3 is 3.11 bits per heavy atom. The quantitative estimate of drug-likeness (QED) is 0.707. The van der Waals surface area contributed by atoms with Crippen molar-refractivity contribution in [2.45, 2.75) is 5.38 Å². The van der Waals surface area contributed by atoms with Gasteiger partial charge in [-0.15, -0.1) is 22.9 Å². The van der Waals surface area contributed by atoms with Crippen molar-refractivity contribution in [3.63, 3.8) is 0 Å². The minimum absolute atomic E-state index is 0.0810. The van der Waals surface area contributed by atoms with Crippen molar-refractivity contribution in [1.29, 1.82) is 0 Å². The molecule has 0 saturated heterocycles. The van der Waals surface area contributed by atoms with Gasteiger partial charge >= 0.3 is 0 Å². The minimum Gasteiger partial charge on any atom is -0.253 e. The molecule has 0 bridgehead atoms. The summed E-state index contributed by atoms with van der Waals surface area (Å²) < 4.78 is 0. The van der Waals surface area contributed by atoms with Crippen LogP contribution in [0, 0.1) is 0 Å². The number of alkyl halides is 2. The van der Waals surface area contributed by atoms with Crippen LogP contribution in [-0.4, -0.2) is 10.3 Å². The molecule has 50 valence electrons. The smallest absolute Gasteiger partial charge is 0.0794 e. The van der Waals surface area contributed by atoms with Crippen LogP contribution in [0.4, 0.5) is 0 Å². The Balaban J connectivity index is 2.65. The number of halogens is 2. The van der Waals surface area contributed by atoms with E-state index in [-0.39, 0.29) is 5.38 Å². The SMILES string of the molecule is ClC(CBr)c1cncs1. The van der Waals surface area contributed by atoms with Gasteiger partial charge in [0.1, 0.15) is 0 Å². The Hall–Kier alpha value is 0.400. The highest BCUT2D eigenvalue weighted by molar-refractivity contribution is 9.09. The third-order valence-corrected chi connectivity index (χ3v) is 3.32. The molecule has 1 atom stereocenters. The number of nitrogens with zero attached hydrogens (tertiary/aromatic N) is 1. The van der Waals surface area contributed by atoms with Crippen molar-refractivity contribution in [1.82, 2.24) is 4.98 Å². The highest BCUT2D eigenvalue weighted by atomic mass is 79.9. The summed E-state index contributed by atoms with van der Waals surface area (Å²) in [4.78, 5) is 5.02. The van der Waals surface area contributed by atoms with Gasteiger partial charge in [0, 0.05) is 16.4 Å². The van der Waals surface area contributed by atoms with Crippen molar-refractivity contribution < 1.29 is 0 Å². The molecular formula is C5H5BrClNS. The molecule has 1 aromatic rings. The van der Waals surface area contributed by atoms with E-state index in [1.165, 1.54) is 0 Å². The van der Waals surface area contributed by atoms with Gasteiger partial charge < -0.3 is 0 Å². The first-order valence-corrected chi connectivity index (χ1v) is 4.86. The Morgan fingerprint density at radius 2 is 2.67 bits per heavy atom. The lowest BCUT2D eigenvalue weighted by atomic mass is 10.4. The normalized spacial score (nSPS) is 13.6. The van der Waals surface area contributed by atoms with Gasteiger partial charge in [-0.1, -0.05) is 15.9 Å². The first-order valence-electron chi connectivity index (χ1n) is 2.43. The topological polar surface area (TPSA) is 12.9 Å². The van der Waals surface area contributed by atoms with Crippen LogP contribution in [0.5, 0.6) is 0 Å². The van der Waals surface area contributed by atoms with Crippen molar-refractivity contribution in [2.24, 2.45) is 0 Å². The van der Waals surface area contributed by atoms with Gasteiger partial charge in [-0.25, -0.2) is 0 Å². The van der Waals surface area contributed by atoms with E-state index in [0.29, 0.717) is 0 Å². The van der Waals surface area contributed by atoms with E-state index in [1.807, 2.05) is 0 Å². The molecule has 0 radical (unpaired) electrons. The minimum atomic E-state index is 0.0810. The molecule has 1 unspecified atom stereocenters. The first-order chi connectivity index (χ1) is 4.34. The molecule has 0 fully saturated rings. The highest BCUT2D eigenvalue weighted by Crippen LogP contribution is 2.24. The third kappa shape index (κ3) is 1.92. The number of aromatic nitrogens is 1. The van der Waals surface area contributed by atoms with Gasteiger partial charge in [-0.05, 0) is 0 Å². The molecule has 0 aliphatic heterocycles. The number of hydrogen-bond acceptors (Lipinski definition) is 2. The predicted molar refractivity (Wildman–Crippen MR) is 44.5 cm³/mol. The molecule has 0 amide bonds. The average Bonchev–Trinajstić information content (AvgIpc) is 2.37. The zero-order chi connectivity index (χ0) is 6.69. The van der Waals surface area contributed by atoms with Gasteiger partial charge in [-0.3, -0.25) is 4.98 Å². The lowest BCUT2D eigenvalue weighted by Crippen LogP contribution is -1.84. The summed E-state index contributed by atoms with van der Waals surface area (Å²) in [6.45, 7) is 0. The standard InChI is InChI=1S/C5H5BrClNS/c6-1-4(7)5-2-8-3-9-5/h2-4H,1H2. The fraction of sp³-hybridized carbons (Fsp3) is 0.400. The van der Waals surface area contributed by atoms with Crippen LogP contribution < -0.4 is 0 Å². The summed E-state index contributed by atoms with van der Waals surface area (Å²) in [5, 5.41) is 0.869. The van der Waals surface area contributed by atoms with Crippen LogP contribution >= 0.6 is 38.9 Å². The maximum atomic E-state index is 5.86. The van der Waals surface area contributed by atoms with E-state index in [9.17, 15) is 0 Å². The fourth-order valence-electron chi connectivity index (χ4n) is 0.456. The summed E-state index contributed by atoms with van der Waals surface area (Å²) >= 11 is 10.7. The van der Waals surface area contributed by atoms with E-state index in [2.05, 4.69) is 20.9 Å². The third-order valence-electron chi connectivity index (χ3n) is 0.896. The molecule has 9 heavy (non-hydrogen) atoms. The molecule has 0 saturated carbocycles. The Labute approximate surface area is 71.2 Å². The van der Waals surface area contributed by atoms with Crippen LogP contribution in [0.15, 0.2) is 11.7 Å². The van der Waals surface area contributed by atoms with E-state index in [1.54, 1.807) is 23.0 Å². The molecule has 1 heterocycles. The van der Waals surface area contributed by atoms with Crippen LogP contribution in [0.25, 0.3) is 0 Å². The summed E-state index contributed by atoms with van der Waals surface area (Å²) in [6, 6.07) is 0. The monoisotopic (exact) mass is 225 g/mol. The second-order valence-electron chi connectivity index (χ2n) is 1.53. The van der Waals surface area contributed by atoms with Crippen molar-refractivity contribution in [3.8, 4) is 0 Å². The van der Waals surface area contributed by atoms with Crippen molar-refractivity contribution >= 4 is 38.9 Å². The van der Waals surface area contributed by atoms with Gasteiger partial charge in [0.05, 0.1) is 10.9 Å². The van der Waals surface area contributed by atoms with E-state index in [4.69, 9.17) is 11.6 Å². The predicted octanol–water partition coefficient (Wildman–Crippen LogP) is 2.82. The van der Waals surface area contributed by atoms with Gasteiger partial charge in [0.2, 0.25) is 0 Å². The molecule has 0 spiro atoms. The maximum Gasteiger partial charge on any atom is 0.0794 e. The number of rotatable bonds is 2. The molecule has 1 aromatic heterocycles. The molecule has 1 rings (SSSR count). The van der Waals surface area contributed by atoms with Crippen molar-refractivity contribution in [2.75, 3.05) is 5.33 Å². The second kappa shape index (κ2) is 3.54. The Kier molecular flexibility index (Phi) is 2.95. The molecule has 1 nitrogen and oxygen atoms in total. The van der Waals surface area contributed by atoms with E-state index < -0.39 is 0 Å². The van der Waals surface area contributed by atoms with Gasteiger partial charge in [-0.2, -0.15) is 0 Å². The molecular weight excluding hydrogens is 221 g/mol. The summed E-state index contributed by atoms with van der Waals surface area (Å²) in [5.74, 6) is 0. The van der Waals surface area contributed by atoms with Crippen LogP contribution in [-0.2, 0) is 0 Å². The van der Waals surface area contributed by atoms with Crippen molar-refractivity contribution in [3.05, 3.63) is 16.6 Å². The maximum absolute atomic E-state index is 5.86. The number of thiazole rings is 1. The highest BCUT2D eigenvalue weighted by Gasteiger charge is 2.05. The number of hydrogen-bond donors (Lipinski definition) is 0. The average molecular weight is 227 g/mol. The lowest BCUT2D eigenvalue weighted by Gasteiger charge is -1.97. The Bertz CT molecular complexity index is 165. The van der Waals surface area contributed by atoms with E-state index in [0.717, 1.165) is 10.2 Å².